The van der Waals surface area contributed by atoms with Crippen molar-refractivity contribution >= 4 is 83.5 Å². The van der Waals surface area contributed by atoms with Gasteiger partial charge in [-0.25, -0.2) is 0 Å². The van der Waals surface area contributed by atoms with E-state index in [0.717, 1.165) is 0 Å². The molecule has 0 saturated heterocycles. The molecule has 28 valence electrons. The van der Waals surface area contributed by atoms with E-state index in [1.165, 1.54) is 0 Å². The maximum atomic E-state index is 8.42. The Kier molecular flexibility index (Phi) is 27.4. The molecule has 4 radical (unpaired) electrons. The molecule has 0 rings (SSSR count). The van der Waals surface area contributed by atoms with Crippen molar-refractivity contribution < 1.29 is 15.1 Å². The van der Waals surface area contributed by atoms with Gasteiger partial charge in [0.05, 0.1) is 0 Å². The second-order valence-electron chi connectivity index (χ2n) is 0.289. The molecule has 0 bridgehead atoms. The topological polar surface area (TPSA) is 69.2 Å². The van der Waals surface area contributed by atoms with Gasteiger partial charge < -0.3 is 15.1 Å². The van der Waals surface area contributed by atoms with Crippen molar-refractivity contribution in [2.75, 3.05) is 0 Å². The monoisotopic (exact) mass is 405 g/mol. The van der Waals surface area contributed by atoms with Crippen molar-refractivity contribution in [2.45, 2.75) is 0 Å². The van der Waals surface area contributed by atoms with Crippen LogP contribution in [0.1, 0.15) is 0 Å². The normalized spacial score (nSPS) is 4.50. The Labute approximate surface area is 96.5 Å². The summed E-state index contributed by atoms with van der Waals surface area (Å²) in [4.78, 5) is 0. The van der Waals surface area contributed by atoms with Crippen LogP contribution in [-0.4, -0.2) is 83.5 Å². The van der Waals surface area contributed by atoms with Crippen LogP contribution in [0.2, 0.25) is 0 Å². The van der Waals surface area contributed by atoms with Crippen molar-refractivity contribution in [3.05, 3.63) is 0 Å². The Bertz CT molecular complexity index is 15.5. The van der Waals surface area contributed by atoms with Crippen LogP contribution in [0, 0.1) is 0 Å². The average molecular weight is 403 g/mol. The molecule has 0 saturated carbocycles. The molecule has 0 spiro atoms. The van der Waals surface area contributed by atoms with Crippen molar-refractivity contribution in [1.29, 1.82) is 0 Å². The van der Waals surface area contributed by atoms with Crippen LogP contribution in [0.5, 0.6) is 0 Å². The second kappa shape index (κ2) is 10.4. The van der Waals surface area contributed by atoms with E-state index in [1.807, 2.05) is 0 Å². The van der Waals surface area contributed by atoms with Crippen LogP contribution in [0.15, 0.2) is 0 Å². The van der Waals surface area contributed by atoms with Gasteiger partial charge in [0.15, 0.2) is 0 Å². The first-order valence-corrected chi connectivity index (χ1v) is 0.707. The molecule has 0 aliphatic carbocycles. The summed E-state index contributed by atoms with van der Waals surface area (Å²) in [7, 11) is -2.92. The van der Waals surface area contributed by atoms with Crippen LogP contribution < -0.4 is 15.1 Å². The summed E-state index contributed by atoms with van der Waals surface area (Å²) >= 11 is 0. The number of rotatable bonds is 0. The zero-order valence-electron chi connectivity index (χ0n) is 3.01. The fraction of sp³-hybridized carbons (Fsp3) is 0. The van der Waals surface area contributed by atoms with E-state index in [0.29, 0.717) is 0 Å². The van der Waals surface area contributed by atoms with E-state index >= 15 is 0 Å². The standard InChI is InChI=1S/BO3.Ba.Pb/c2-1(3)4;;/q-3;+2;. The summed E-state index contributed by atoms with van der Waals surface area (Å²) in [5.74, 6) is 0. The summed E-state index contributed by atoms with van der Waals surface area (Å²) in [5.41, 5.74) is 0. The zero-order chi connectivity index (χ0) is 3.58. The molecule has 0 aliphatic heterocycles. The van der Waals surface area contributed by atoms with Crippen LogP contribution in [0.3, 0.4) is 0 Å². The Hall–Kier alpha value is 2.44. The smallest absolute Gasteiger partial charge is 0.907 e. The van der Waals surface area contributed by atoms with E-state index in [9.17, 15) is 0 Å². The summed E-state index contributed by atoms with van der Waals surface area (Å²) in [6.45, 7) is 0. The third kappa shape index (κ3) is 32.0. The molecule has 0 amide bonds. The van der Waals surface area contributed by atoms with Crippen LogP contribution >= 0.6 is 0 Å². The predicted octanol–water partition coefficient (Wildman–Crippen LogP) is -4.71. The van der Waals surface area contributed by atoms with E-state index in [2.05, 4.69) is 0 Å². The molecule has 0 heterocycles. The Morgan fingerprint density at radius 3 is 1.00 bits per heavy atom. The van der Waals surface area contributed by atoms with Gasteiger partial charge in [-0.2, -0.15) is 0 Å². The van der Waals surface area contributed by atoms with E-state index in [-0.39, 0.29) is 76.2 Å². The van der Waals surface area contributed by atoms with Crippen molar-refractivity contribution in [2.24, 2.45) is 0 Å². The summed E-state index contributed by atoms with van der Waals surface area (Å²) in [6.07, 6.45) is 0. The largest absolute Gasteiger partial charge is 2.00 e. The Morgan fingerprint density at radius 2 is 1.00 bits per heavy atom. The number of hydrogen-bond donors (Lipinski definition) is 0. The van der Waals surface area contributed by atoms with Crippen LogP contribution in [-0.2, 0) is 0 Å². The molecular weight excluding hydrogens is 403 g/mol. The number of hydrogen-bond acceptors (Lipinski definition) is 3. The van der Waals surface area contributed by atoms with Gasteiger partial charge in [0.1, 0.15) is 0 Å². The predicted molar refractivity (Wildman–Crippen MR) is 17.3 cm³/mol. The van der Waals surface area contributed by atoms with Crippen molar-refractivity contribution in [3.8, 4) is 0 Å². The first-order chi connectivity index (χ1) is 1.73. The quantitative estimate of drug-likeness (QED) is 0.382. The minimum Gasteiger partial charge on any atom is -0.907 e. The Morgan fingerprint density at radius 1 is 1.00 bits per heavy atom. The van der Waals surface area contributed by atoms with Gasteiger partial charge in [-0.3, -0.25) is 7.32 Å². The maximum absolute atomic E-state index is 8.42. The zero-order valence-corrected chi connectivity index (χ0v) is 11.3. The minimum absolute atomic E-state index is 0. The van der Waals surface area contributed by atoms with Crippen LogP contribution in [0.4, 0.5) is 0 Å². The van der Waals surface area contributed by atoms with Gasteiger partial charge in [0.2, 0.25) is 0 Å². The molecule has 0 atom stereocenters. The molecule has 3 nitrogen and oxygen atoms in total. The average Bonchev–Trinajstić information content (AvgIpc) is 0.811. The van der Waals surface area contributed by atoms with Gasteiger partial charge in [-0.15, -0.1) is 0 Å². The third-order valence-electron chi connectivity index (χ3n) is 0. The summed E-state index contributed by atoms with van der Waals surface area (Å²) in [5, 5.41) is 25.2. The SMILES string of the molecule is [Ba+2].[O-]B([O-])[O-].[Pb]. The van der Waals surface area contributed by atoms with E-state index in [4.69, 9.17) is 15.1 Å². The minimum atomic E-state index is -2.92. The second-order valence-corrected chi connectivity index (χ2v) is 0.289. The molecule has 0 aromatic heterocycles. The summed E-state index contributed by atoms with van der Waals surface area (Å²) < 4.78 is 0. The van der Waals surface area contributed by atoms with Crippen molar-refractivity contribution in [3.63, 3.8) is 0 Å². The Balaban J connectivity index is -0.0000000450. The summed E-state index contributed by atoms with van der Waals surface area (Å²) in [6, 6.07) is 0. The van der Waals surface area contributed by atoms with Crippen molar-refractivity contribution in [1.82, 2.24) is 0 Å². The first kappa shape index (κ1) is 15.8. The molecule has 0 fully saturated rings. The molecule has 0 aliphatic rings. The van der Waals surface area contributed by atoms with E-state index < -0.39 is 7.32 Å². The molecular formula is BBaO3Pb-. The molecule has 0 N–H and O–H groups in total. The first-order valence-electron chi connectivity index (χ1n) is 0.707. The van der Waals surface area contributed by atoms with Gasteiger partial charge in [-0.1, -0.05) is 0 Å². The molecule has 6 heavy (non-hydrogen) atoms. The maximum Gasteiger partial charge on any atom is 2.00 e. The van der Waals surface area contributed by atoms with E-state index in [1.54, 1.807) is 0 Å². The molecule has 0 unspecified atom stereocenters. The van der Waals surface area contributed by atoms with Gasteiger partial charge in [0, 0.05) is 27.3 Å². The van der Waals surface area contributed by atoms with Crippen LogP contribution in [0.25, 0.3) is 0 Å². The van der Waals surface area contributed by atoms with Gasteiger partial charge >= 0.3 is 48.9 Å². The molecule has 6 heteroatoms. The molecule has 0 aromatic rings. The fourth-order valence-corrected chi connectivity index (χ4v) is 0. The van der Waals surface area contributed by atoms with Gasteiger partial charge in [0.25, 0.3) is 0 Å². The fourth-order valence-electron chi connectivity index (χ4n) is 0. The third-order valence-corrected chi connectivity index (χ3v) is 0. The molecule has 0 aromatic carbocycles. The van der Waals surface area contributed by atoms with Gasteiger partial charge in [-0.05, 0) is 0 Å².